The van der Waals surface area contributed by atoms with Gasteiger partial charge in [0.15, 0.2) is 0 Å². The quantitative estimate of drug-likeness (QED) is 0.0728. The molecule has 0 bridgehead atoms. The molecule has 6 rings (SSSR count). The predicted octanol–water partition coefficient (Wildman–Crippen LogP) is 8.54. The minimum absolute atomic E-state index is 0.0776. The van der Waals surface area contributed by atoms with Crippen molar-refractivity contribution in [1.29, 1.82) is 0 Å². The highest BCUT2D eigenvalue weighted by Crippen LogP contribution is 2.30. The molecule has 10 nitrogen and oxygen atoms in total. The van der Waals surface area contributed by atoms with Gasteiger partial charge in [-0.1, -0.05) is 50.0 Å². The van der Waals surface area contributed by atoms with Crippen molar-refractivity contribution >= 4 is 24.9 Å². The van der Waals surface area contributed by atoms with E-state index < -0.39 is 8.07 Å². The van der Waals surface area contributed by atoms with E-state index in [1.807, 2.05) is 58.0 Å². The van der Waals surface area contributed by atoms with Crippen molar-refractivity contribution in [2.45, 2.75) is 78.9 Å². The highest BCUT2D eigenvalue weighted by molar-refractivity contribution is 6.76. The maximum atomic E-state index is 13.5. The van der Waals surface area contributed by atoms with Gasteiger partial charge in [-0.05, 0) is 86.0 Å². The van der Waals surface area contributed by atoms with Crippen LogP contribution in [0.25, 0.3) is 22.3 Å². The molecule has 0 aliphatic heterocycles. The molecule has 0 saturated heterocycles. The fraction of sp³-hybridized carbons (Fsp3) is 0.357. The molecular weight excluding hydrogens is 681 g/mol. The number of benzene rings is 2. The molecule has 0 fully saturated rings. The summed E-state index contributed by atoms with van der Waals surface area (Å²) in [5.74, 6) is 2.54. The first-order valence-electron chi connectivity index (χ1n) is 18.2. The zero-order valence-corrected chi connectivity index (χ0v) is 33.3. The van der Waals surface area contributed by atoms with E-state index in [1.54, 1.807) is 20.3 Å². The highest BCUT2D eigenvalue weighted by Gasteiger charge is 2.20. The van der Waals surface area contributed by atoms with E-state index in [0.717, 1.165) is 68.0 Å². The van der Waals surface area contributed by atoms with E-state index in [2.05, 4.69) is 91.4 Å². The normalized spacial score (nSPS) is 11.8. The molecular formula is C42H52N6O4Si. The predicted molar refractivity (Wildman–Crippen MR) is 216 cm³/mol. The Morgan fingerprint density at radius 2 is 1.49 bits per heavy atom. The maximum Gasteiger partial charge on any atom is 0.251 e. The summed E-state index contributed by atoms with van der Waals surface area (Å²) in [4.78, 5) is 21.2. The van der Waals surface area contributed by atoms with E-state index in [9.17, 15) is 4.79 Å². The van der Waals surface area contributed by atoms with Crippen molar-refractivity contribution < 1.29 is 14.2 Å². The summed E-state index contributed by atoms with van der Waals surface area (Å²) in [6.07, 6.45) is 3.83. The minimum Gasteiger partial charge on any atom is -0.497 e. The Kier molecular flexibility index (Phi) is 11.5. The smallest absolute Gasteiger partial charge is 0.251 e. The van der Waals surface area contributed by atoms with Gasteiger partial charge in [0.25, 0.3) is 5.56 Å². The Morgan fingerprint density at radius 3 is 2.06 bits per heavy atom. The number of fused-ring (bicyclic) bond motifs is 1. The van der Waals surface area contributed by atoms with E-state index in [1.165, 1.54) is 0 Å². The third kappa shape index (κ3) is 9.09. The molecule has 0 N–H and O–H groups in total. The summed E-state index contributed by atoms with van der Waals surface area (Å²) >= 11 is 0. The van der Waals surface area contributed by atoms with Gasteiger partial charge >= 0.3 is 0 Å². The summed E-state index contributed by atoms with van der Waals surface area (Å²) in [5.41, 5.74) is 7.74. The second-order valence-corrected chi connectivity index (χ2v) is 20.8. The van der Waals surface area contributed by atoms with Gasteiger partial charge in [-0.25, -0.2) is 4.98 Å². The molecule has 11 heteroatoms. The Morgan fingerprint density at radius 1 is 0.849 bits per heavy atom. The van der Waals surface area contributed by atoms with Crippen LogP contribution in [-0.2, 0) is 31.1 Å². The van der Waals surface area contributed by atoms with Crippen molar-refractivity contribution in [3.05, 3.63) is 124 Å². The average Bonchev–Trinajstić information content (AvgIpc) is 3.76. The summed E-state index contributed by atoms with van der Waals surface area (Å²) in [5, 5.41) is 4.56. The molecule has 278 valence electrons. The molecule has 4 aromatic heterocycles. The van der Waals surface area contributed by atoms with Crippen LogP contribution in [0.15, 0.2) is 96.1 Å². The lowest BCUT2D eigenvalue weighted by Crippen LogP contribution is -2.24. The monoisotopic (exact) mass is 732 g/mol. The van der Waals surface area contributed by atoms with Crippen LogP contribution in [0.4, 0.5) is 5.82 Å². The molecule has 6 aromatic rings. The average molecular weight is 733 g/mol. The first-order chi connectivity index (χ1) is 25.4. The van der Waals surface area contributed by atoms with Crippen LogP contribution in [0.2, 0.25) is 25.7 Å². The molecule has 0 aliphatic carbocycles. The number of hydrogen-bond acceptors (Lipinski definition) is 7. The van der Waals surface area contributed by atoms with Crippen molar-refractivity contribution in [2.75, 3.05) is 25.7 Å². The Hall–Kier alpha value is -5.13. The summed E-state index contributed by atoms with van der Waals surface area (Å²) in [6.45, 7) is 16.1. The van der Waals surface area contributed by atoms with Gasteiger partial charge in [0.1, 0.15) is 24.0 Å². The van der Waals surface area contributed by atoms with Crippen LogP contribution in [0.1, 0.15) is 42.3 Å². The number of anilines is 1. The zero-order valence-electron chi connectivity index (χ0n) is 32.3. The zero-order chi connectivity index (χ0) is 37.7. The largest absolute Gasteiger partial charge is 0.497 e. The van der Waals surface area contributed by atoms with Crippen molar-refractivity contribution in [3.63, 3.8) is 0 Å². The standard InChI is InChI=1S/C42H52N6O4Si/c1-30(2)48-27-34(24-43-48)39-10-9-11-41(49)46(39)28-35-23-38-40(47(35)29-52-20-21-53(6,7)8)22-31(3)42(44-38)45(25-32-12-16-36(50-4)17-13-32)26-33-14-18-37(51-5)19-15-33/h9-19,22-24,27,30H,20-21,25-26,28-29H2,1-8H3. The van der Waals surface area contributed by atoms with Gasteiger partial charge in [0.2, 0.25) is 0 Å². The molecule has 0 atom stereocenters. The molecule has 0 spiro atoms. The van der Waals surface area contributed by atoms with Gasteiger partial charge in [0, 0.05) is 57.3 Å². The van der Waals surface area contributed by atoms with Crippen LogP contribution in [0.3, 0.4) is 0 Å². The Labute approximate surface area is 313 Å². The molecule has 0 radical (unpaired) electrons. The second kappa shape index (κ2) is 16.3. The number of ether oxygens (including phenoxy) is 3. The molecule has 4 heterocycles. The summed E-state index contributed by atoms with van der Waals surface area (Å²) in [6, 6.07) is 27.4. The molecule has 0 amide bonds. The Balaban J connectivity index is 1.42. The highest BCUT2D eigenvalue weighted by atomic mass is 28.3. The first kappa shape index (κ1) is 37.6. The van der Waals surface area contributed by atoms with Gasteiger partial charge in [0.05, 0.1) is 43.7 Å². The lowest BCUT2D eigenvalue weighted by molar-refractivity contribution is 0.0882. The number of nitrogens with zero attached hydrogens (tertiary/aromatic N) is 6. The van der Waals surface area contributed by atoms with Crippen LogP contribution >= 0.6 is 0 Å². The molecule has 0 aliphatic rings. The topological polar surface area (TPSA) is 88.6 Å². The summed E-state index contributed by atoms with van der Waals surface area (Å²) in [7, 11) is 2.07. The van der Waals surface area contributed by atoms with E-state index in [-0.39, 0.29) is 11.6 Å². The molecule has 0 saturated carbocycles. The van der Waals surface area contributed by atoms with Gasteiger partial charge < -0.3 is 28.2 Å². The maximum absolute atomic E-state index is 13.5. The lowest BCUT2D eigenvalue weighted by Gasteiger charge is -2.26. The number of methoxy groups -OCH3 is 2. The minimum atomic E-state index is -1.29. The number of rotatable bonds is 16. The van der Waals surface area contributed by atoms with Crippen molar-refractivity contribution in [3.8, 4) is 22.8 Å². The van der Waals surface area contributed by atoms with Crippen LogP contribution < -0.4 is 19.9 Å². The molecule has 2 aromatic carbocycles. The number of pyridine rings is 2. The fourth-order valence-electron chi connectivity index (χ4n) is 6.41. The van der Waals surface area contributed by atoms with E-state index in [4.69, 9.17) is 19.2 Å². The first-order valence-corrected chi connectivity index (χ1v) is 22.0. The Bertz CT molecular complexity index is 2150. The fourth-order valence-corrected chi connectivity index (χ4v) is 7.17. The second-order valence-electron chi connectivity index (χ2n) is 15.1. The molecule has 0 unspecified atom stereocenters. The van der Waals surface area contributed by atoms with E-state index in [0.29, 0.717) is 33.0 Å². The van der Waals surface area contributed by atoms with Gasteiger partial charge in [-0.2, -0.15) is 5.10 Å². The number of aryl methyl sites for hydroxylation is 1. The van der Waals surface area contributed by atoms with Crippen LogP contribution in [0.5, 0.6) is 11.5 Å². The third-order valence-corrected chi connectivity index (χ3v) is 11.2. The number of hydrogen-bond donors (Lipinski definition) is 0. The SMILES string of the molecule is COc1ccc(CN(Cc2ccc(OC)cc2)c2nc3cc(Cn4c(-c5cnn(C(C)C)c5)cccc4=O)n(COCC[Si](C)(C)C)c3cc2C)cc1. The summed E-state index contributed by atoms with van der Waals surface area (Å²) < 4.78 is 23.1. The number of aromatic nitrogens is 5. The van der Waals surface area contributed by atoms with Crippen LogP contribution in [-0.4, -0.2) is 52.8 Å². The van der Waals surface area contributed by atoms with Gasteiger partial charge in [-0.15, -0.1) is 0 Å². The third-order valence-electron chi connectivity index (χ3n) is 9.51. The van der Waals surface area contributed by atoms with Crippen molar-refractivity contribution in [1.82, 2.24) is 23.9 Å². The van der Waals surface area contributed by atoms with Crippen molar-refractivity contribution in [2.24, 2.45) is 0 Å². The van der Waals surface area contributed by atoms with Gasteiger partial charge in [-0.3, -0.25) is 9.48 Å². The van der Waals surface area contributed by atoms with Crippen LogP contribution in [0, 0.1) is 6.92 Å². The lowest BCUT2D eigenvalue weighted by atomic mass is 10.1. The molecule has 53 heavy (non-hydrogen) atoms. The van der Waals surface area contributed by atoms with E-state index >= 15 is 0 Å².